The second-order valence-electron chi connectivity index (χ2n) is 11.5. The molecule has 2 aromatic heterocycles. The van der Waals surface area contributed by atoms with Crippen LogP contribution in [0.5, 0.6) is 0 Å². The largest absolute Gasteiger partial charge is 0.247 e. The van der Waals surface area contributed by atoms with Crippen LogP contribution >= 0.6 is 0 Å². The van der Waals surface area contributed by atoms with Crippen LogP contribution in [0.25, 0.3) is 77.6 Å². The van der Waals surface area contributed by atoms with Crippen molar-refractivity contribution in [2.75, 3.05) is 0 Å². The van der Waals surface area contributed by atoms with E-state index in [9.17, 15) is 14.0 Å². The van der Waals surface area contributed by atoms with E-state index in [0.29, 0.717) is 50.0 Å². The van der Waals surface area contributed by atoms with Gasteiger partial charge in [-0.2, -0.15) is 10.5 Å². The quantitative estimate of drug-likeness (QED) is 0.107. The second-order valence-corrected chi connectivity index (χ2v) is 11.5. The zero-order valence-electron chi connectivity index (χ0n) is 25.7. The van der Waals surface area contributed by atoms with E-state index in [-0.39, 0.29) is 11.1 Å². The zero-order chi connectivity index (χ0) is 34.5. The molecule has 2 heterocycles. The number of para-hydroxylation sites is 1. The van der Waals surface area contributed by atoms with E-state index in [4.69, 9.17) is 20.2 Å². The van der Waals surface area contributed by atoms with E-state index in [1.54, 1.807) is 18.2 Å². The van der Waals surface area contributed by atoms with E-state index in [1.165, 1.54) is 24.3 Å². The third-order valence-electron chi connectivity index (χ3n) is 8.62. The lowest BCUT2D eigenvalue weighted by atomic mass is 9.94. The Morgan fingerprint density at radius 2 is 1.02 bits per heavy atom. The summed E-state index contributed by atoms with van der Waals surface area (Å²) in [6.45, 7) is 0. The number of pyridine rings is 1. The maximum Gasteiger partial charge on any atom is 0.180 e. The van der Waals surface area contributed by atoms with Gasteiger partial charge in [0.05, 0.1) is 39.2 Å². The highest BCUT2D eigenvalue weighted by molar-refractivity contribution is 6.22. The van der Waals surface area contributed by atoms with Gasteiger partial charge in [0.2, 0.25) is 0 Å². The lowest BCUT2D eigenvalue weighted by molar-refractivity contribution is 0.454. The van der Waals surface area contributed by atoms with Crippen LogP contribution in [-0.2, 0) is 0 Å². The fourth-order valence-electron chi connectivity index (χ4n) is 6.34. The third kappa shape index (κ3) is 4.72. The Morgan fingerprint density at radius 3 is 1.64 bits per heavy atom. The van der Waals surface area contributed by atoms with Crippen molar-refractivity contribution in [3.8, 4) is 57.0 Å². The predicted octanol–water partition coefficient (Wildman–Crippen LogP) is 10.3. The van der Waals surface area contributed by atoms with Gasteiger partial charge in [0, 0.05) is 32.8 Å². The van der Waals surface area contributed by atoms with Gasteiger partial charge in [-0.15, -0.1) is 0 Å². The minimum Gasteiger partial charge on any atom is -0.247 e. The summed E-state index contributed by atoms with van der Waals surface area (Å²) >= 11 is 0. The first-order chi connectivity index (χ1) is 24.4. The van der Waals surface area contributed by atoms with E-state index in [0.717, 1.165) is 16.5 Å². The molecule has 236 valence electrons. The van der Waals surface area contributed by atoms with Crippen LogP contribution < -0.4 is 0 Å². The molecular weight excluding hydrogens is 638 g/mol. The van der Waals surface area contributed by atoms with E-state index < -0.39 is 34.4 Å². The lowest BCUT2D eigenvalue weighted by Crippen LogP contribution is -2.04. The Kier molecular flexibility index (Phi) is 7.24. The monoisotopic (exact) mass is 657 g/mol. The highest BCUT2D eigenvalue weighted by Crippen LogP contribution is 2.41. The number of nitrogens with zero attached hydrogens (tertiary/aromatic N) is 5. The molecule has 0 aliphatic heterocycles. The molecule has 9 heteroatoms. The molecule has 6 aromatic carbocycles. The molecule has 0 saturated carbocycles. The van der Waals surface area contributed by atoms with Gasteiger partial charge in [0.1, 0.15) is 23.2 Å². The average molecular weight is 658 g/mol. The van der Waals surface area contributed by atoms with Gasteiger partial charge in [-0.1, -0.05) is 97.1 Å². The molecule has 0 saturated heterocycles. The summed E-state index contributed by atoms with van der Waals surface area (Å²) in [5.41, 5.74) is 2.64. The van der Waals surface area contributed by atoms with Gasteiger partial charge in [-0.25, -0.2) is 32.5 Å². The molecule has 0 aliphatic rings. The first kappa shape index (κ1) is 30.4. The minimum absolute atomic E-state index is 0.178. The molecule has 0 N–H and O–H groups in total. The van der Waals surface area contributed by atoms with Crippen LogP contribution in [0.15, 0.2) is 115 Å². The molecule has 8 aromatic rings. The Labute approximate surface area is 282 Å². The van der Waals surface area contributed by atoms with Crippen LogP contribution in [0.3, 0.4) is 0 Å². The van der Waals surface area contributed by atoms with Crippen LogP contribution in [0.2, 0.25) is 0 Å². The topological polar surface area (TPSA) is 86.2 Å². The smallest absolute Gasteiger partial charge is 0.180 e. The first-order valence-corrected chi connectivity index (χ1v) is 15.3. The number of aromatic nitrogens is 3. The highest BCUT2D eigenvalue weighted by Gasteiger charge is 2.27. The normalized spacial score (nSPS) is 11.2. The standard InChI is InChI=1S/C41H19F4N5/c42-33-29(21-47)34(43)36(45)31(35(33)44)24-14-9-15-25(18-24)37-28-19-26(20-46)40-41(32(28)27-16-7-8-17-30(27)48-37)50-39(23-12-5-2-6-13-23)38(49-40)22-10-3-1-4-11-22/h1-19H. The van der Waals surface area contributed by atoms with Crippen molar-refractivity contribution >= 4 is 32.7 Å². The van der Waals surface area contributed by atoms with Gasteiger partial charge >= 0.3 is 0 Å². The van der Waals surface area contributed by atoms with E-state index in [1.807, 2.05) is 78.9 Å². The van der Waals surface area contributed by atoms with Gasteiger partial charge in [-0.3, -0.25) is 0 Å². The number of fused-ring (bicyclic) bond motifs is 5. The van der Waals surface area contributed by atoms with Crippen molar-refractivity contribution in [2.45, 2.75) is 0 Å². The number of benzene rings is 6. The summed E-state index contributed by atoms with van der Waals surface area (Å²) in [6.07, 6.45) is 0. The molecular formula is C41H19F4N5. The molecule has 0 unspecified atom stereocenters. The van der Waals surface area contributed by atoms with Gasteiger partial charge in [0.25, 0.3) is 0 Å². The summed E-state index contributed by atoms with van der Waals surface area (Å²) in [7, 11) is 0. The van der Waals surface area contributed by atoms with Gasteiger partial charge in [0.15, 0.2) is 23.3 Å². The summed E-state index contributed by atoms with van der Waals surface area (Å²) in [4.78, 5) is 15.2. The molecule has 0 atom stereocenters. The average Bonchev–Trinajstić information content (AvgIpc) is 3.17. The van der Waals surface area contributed by atoms with Gasteiger partial charge in [-0.05, 0) is 23.8 Å². The maximum atomic E-state index is 15.2. The number of hydrogen-bond donors (Lipinski definition) is 0. The molecule has 0 spiro atoms. The Bertz CT molecular complexity index is 2740. The van der Waals surface area contributed by atoms with Crippen LogP contribution in [-0.4, -0.2) is 15.0 Å². The summed E-state index contributed by atoms with van der Waals surface area (Å²) in [5.74, 6) is -6.95. The minimum atomic E-state index is -1.78. The van der Waals surface area contributed by atoms with Crippen LogP contribution in [0.1, 0.15) is 11.1 Å². The molecule has 0 fully saturated rings. The SMILES string of the molecule is N#Cc1c(F)c(F)c(-c2cccc(-c3nc4ccccc4c4c3cc(C#N)c3nc(-c5ccccc5)c(-c5ccccc5)nc34)c2)c(F)c1F. The van der Waals surface area contributed by atoms with Crippen molar-refractivity contribution in [1.29, 1.82) is 10.5 Å². The number of halogens is 4. The van der Waals surface area contributed by atoms with Crippen LogP contribution in [0, 0.1) is 45.9 Å². The molecule has 8 rings (SSSR count). The molecule has 50 heavy (non-hydrogen) atoms. The highest BCUT2D eigenvalue weighted by atomic mass is 19.2. The fraction of sp³-hybridized carbons (Fsp3) is 0. The fourth-order valence-corrected chi connectivity index (χ4v) is 6.34. The molecule has 0 amide bonds. The molecule has 0 aliphatic carbocycles. The van der Waals surface area contributed by atoms with Crippen molar-refractivity contribution < 1.29 is 17.6 Å². The molecule has 5 nitrogen and oxygen atoms in total. The summed E-state index contributed by atoms with van der Waals surface area (Å²) < 4.78 is 59.7. The van der Waals surface area contributed by atoms with E-state index in [2.05, 4.69) is 6.07 Å². The first-order valence-electron chi connectivity index (χ1n) is 15.3. The Morgan fingerprint density at radius 1 is 0.460 bits per heavy atom. The Balaban J connectivity index is 1.48. The maximum absolute atomic E-state index is 15.2. The number of rotatable bonds is 4. The van der Waals surface area contributed by atoms with E-state index >= 15 is 8.78 Å². The van der Waals surface area contributed by atoms with Crippen molar-refractivity contribution in [3.05, 3.63) is 150 Å². The second kappa shape index (κ2) is 11.9. The zero-order valence-corrected chi connectivity index (χ0v) is 25.7. The van der Waals surface area contributed by atoms with Crippen molar-refractivity contribution in [2.24, 2.45) is 0 Å². The summed E-state index contributed by atoms with van der Waals surface area (Å²) in [5, 5.41) is 21.4. The summed E-state index contributed by atoms with van der Waals surface area (Å²) in [6, 6.07) is 37.4. The lowest BCUT2D eigenvalue weighted by Gasteiger charge is -2.16. The number of hydrogen-bond acceptors (Lipinski definition) is 5. The van der Waals surface area contributed by atoms with Crippen molar-refractivity contribution in [3.63, 3.8) is 0 Å². The van der Waals surface area contributed by atoms with Crippen molar-refractivity contribution in [1.82, 2.24) is 15.0 Å². The number of nitriles is 2. The molecule has 0 radical (unpaired) electrons. The molecule has 0 bridgehead atoms. The van der Waals surface area contributed by atoms with Crippen LogP contribution in [0.4, 0.5) is 17.6 Å². The Hall–Kier alpha value is -6.97. The van der Waals surface area contributed by atoms with Gasteiger partial charge < -0.3 is 0 Å². The predicted molar refractivity (Wildman–Crippen MR) is 183 cm³/mol. The third-order valence-corrected chi connectivity index (χ3v) is 8.62.